The predicted octanol–water partition coefficient (Wildman–Crippen LogP) is 4.48. The SMILES string of the molecule is Cc1ccc(CNc2cnc(Cl)c(Br)c2)s1. The van der Waals surface area contributed by atoms with Crippen molar-refractivity contribution >= 4 is 44.6 Å². The first kappa shape index (κ1) is 11.9. The fraction of sp³-hybridized carbons (Fsp3) is 0.182. The van der Waals surface area contributed by atoms with Gasteiger partial charge in [0, 0.05) is 16.3 Å². The van der Waals surface area contributed by atoms with Gasteiger partial charge in [-0.1, -0.05) is 11.6 Å². The van der Waals surface area contributed by atoms with Crippen molar-refractivity contribution in [1.82, 2.24) is 4.98 Å². The van der Waals surface area contributed by atoms with E-state index >= 15 is 0 Å². The van der Waals surface area contributed by atoms with Crippen LogP contribution in [0.4, 0.5) is 5.69 Å². The lowest BCUT2D eigenvalue weighted by molar-refractivity contribution is 1.17. The fourth-order valence-corrected chi connectivity index (χ4v) is 2.57. The summed E-state index contributed by atoms with van der Waals surface area (Å²) in [6.45, 7) is 2.92. The molecule has 2 rings (SSSR count). The first-order valence-electron chi connectivity index (χ1n) is 4.75. The Bertz CT molecular complexity index is 498. The van der Waals surface area contributed by atoms with Crippen LogP contribution in [0.25, 0.3) is 0 Å². The molecule has 0 amide bonds. The number of aryl methyl sites for hydroxylation is 1. The Hall–Kier alpha value is -0.580. The monoisotopic (exact) mass is 316 g/mol. The quantitative estimate of drug-likeness (QED) is 0.844. The molecule has 5 heteroatoms. The Balaban J connectivity index is 2.02. The molecule has 0 aromatic carbocycles. The Labute approximate surface area is 112 Å². The second kappa shape index (κ2) is 5.17. The van der Waals surface area contributed by atoms with Gasteiger partial charge < -0.3 is 5.32 Å². The van der Waals surface area contributed by atoms with Crippen molar-refractivity contribution in [1.29, 1.82) is 0 Å². The molecule has 0 atom stereocenters. The van der Waals surface area contributed by atoms with Crippen LogP contribution in [0.15, 0.2) is 28.9 Å². The first-order valence-corrected chi connectivity index (χ1v) is 6.74. The van der Waals surface area contributed by atoms with E-state index in [1.54, 1.807) is 17.5 Å². The molecule has 84 valence electrons. The molecule has 0 aliphatic heterocycles. The summed E-state index contributed by atoms with van der Waals surface area (Å²) in [5.74, 6) is 0. The molecule has 0 saturated carbocycles. The van der Waals surface area contributed by atoms with Gasteiger partial charge in [0.15, 0.2) is 0 Å². The number of aromatic nitrogens is 1. The maximum Gasteiger partial charge on any atom is 0.143 e. The normalized spacial score (nSPS) is 10.4. The molecule has 0 bridgehead atoms. The number of nitrogens with one attached hydrogen (secondary N) is 1. The summed E-state index contributed by atoms with van der Waals surface area (Å²) in [6, 6.07) is 6.18. The van der Waals surface area contributed by atoms with E-state index in [4.69, 9.17) is 11.6 Å². The topological polar surface area (TPSA) is 24.9 Å². The number of nitrogens with zero attached hydrogens (tertiary/aromatic N) is 1. The molecule has 0 spiro atoms. The highest BCUT2D eigenvalue weighted by Crippen LogP contribution is 2.23. The van der Waals surface area contributed by atoms with E-state index in [0.717, 1.165) is 16.7 Å². The molecule has 2 aromatic heterocycles. The molecule has 2 heterocycles. The van der Waals surface area contributed by atoms with Crippen molar-refractivity contribution in [2.24, 2.45) is 0 Å². The van der Waals surface area contributed by atoms with E-state index in [9.17, 15) is 0 Å². The van der Waals surface area contributed by atoms with Gasteiger partial charge in [0.25, 0.3) is 0 Å². The number of hydrogen-bond acceptors (Lipinski definition) is 3. The van der Waals surface area contributed by atoms with E-state index in [1.165, 1.54) is 9.75 Å². The van der Waals surface area contributed by atoms with E-state index in [2.05, 4.69) is 45.3 Å². The molecule has 1 N–H and O–H groups in total. The Kier molecular flexibility index (Phi) is 3.84. The summed E-state index contributed by atoms with van der Waals surface area (Å²) in [5, 5.41) is 3.79. The summed E-state index contributed by atoms with van der Waals surface area (Å²) in [4.78, 5) is 6.69. The zero-order valence-corrected chi connectivity index (χ0v) is 11.8. The molecule has 2 nitrogen and oxygen atoms in total. The van der Waals surface area contributed by atoms with Crippen LogP contribution in [-0.2, 0) is 6.54 Å². The lowest BCUT2D eigenvalue weighted by atomic mass is 10.4. The first-order chi connectivity index (χ1) is 7.65. The van der Waals surface area contributed by atoms with Gasteiger partial charge in [-0.25, -0.2) is 4.98 Å². The molecule has 0 aliphatic rings. The highest BCUT2D eigenvalue weighted by atomic mass is 79.9. The van der Waals surface area contributed by atoms with Gasteiger partial charge in [-0.3, -0.25) is 0 Å². The van der Waals surface area contributed by atoms with Crippen molar-refractivity contribution in [3.8, 4) is 0 Å². The standard InChI is InChI=1S/C11H10BrClN2S/c1-7-2-3-9(16-7)6-14-8-4-10(12)11(13)15-5-8/h2-5,14H,6H2,1H3. The third kappa shape index (κ3) is 2.97. The second-order valence-electron chi connectivity index (χ2n) is 3.36. The van der Waals surface area contributed by atoms with Crippen LogP contribution in [0, 0.1) is 6.92 Å². The maximum atomic E-state index is 5.82. The number of pyridine rings is 1. The average Bonchev–Trinajstić information content (AvgIpc) is 2.66. The molecule has 2 aromatic rings. The van der Waals surface area contributed by atoms with Crippen LogP contribution in [0.2, 0.25) is 5.15 Å². The third-order valence-electron chi connectivity index (χ3n) is 2.06. The number of rotatable bonds is 3. The molecule has 0 aliphatic carbocycles. The van der Waals surface area contributed by atoms with Gasteiger partial charge in [-0.15, -0.1) is 11.3 Å². The summed E-state index contributed by atoms with van der Waals surface area (Å²) in [6.07, 6.45) is 1.73. The minimum atomic E-state index is 0.484. The number of thiophene rings is 1. The van der Waals surface area contributed by atoms with Crippen LogP contribution in [-0.4, -0.2) is 4.98 Å². The smallest absolute Gasteiger partial charge is 0.143 e. The van der Waals surface area contributed by atoms with Gasteiger partial charge >= 0.3 is 0 Å². The number of anilines is 1. The van der Waals surface area contributed by atoms with E-state index in [1.807, 2.05) is 6.07 Å². The van der Waals surface area contributed by atoms with E-state index in [-0.39, 0.29) is 0 Å². The van der Waals surface area contributed by atoms with Crippen molar-refractivity contribution in [3.63, 3.8) is 0 Å². The van der Waals surface area contributed by atoms with Gasteiger partial charge in [0.05, 0.1) is 16.4 Å². The van der Waals surface area contributed by atoms with Gasteiger partial charge in [-0.2, -0.15) is 0 Å². The summed E-state index contributed by atoms with van der Waals surface area (Å²) in [5.41, 5.74) is 0.960. The molecule has 16 heavy (non-hydrogen) atoms. The summed E-state index contributed by atoms with van der Waals surface area (Å²) in [7, 11) is 0. The largest absolute Gasteiger partial charge is 0.379 e. The van der Waals surface area contributed by atoms with Crippen molar-refractivity contribution in [2.75, 3.05) is 5.32 Å². The maximum absolute atomic E-state index is 5.82. The van der Waals surface area contributed by atoms with Crippen molar-refractivity contribution < 1.29 is 0 Å². The van der Waals surface area contributed by atoms with Crippen LogP contribution in [0.3, 0.4) is 0 Å². The summed E-state index contributed by atoms with van der Waals surface area (Å²) < 4.78 is 0.807. The lowest BCUT2D eigenvalue weighted by Gasteiger charge is -2.05. The molecule has 0 saturated heterocycles. The van der Waals surface area contributed by atoms with Gasteiger partial charge in [0.1, 0.15) is 5.15 Å². The van der Waals surface area contributed by atoms with Crippen LogP contribution in [0.1, 0.15) is 9.75 Å². The predicted molar refractivity (Wildman–Crippen MR) is 73.3 cm³/mol. The van der Waals surface area contributed by atoms with Crippen LogP contribution < -0.4 is 5.32 Å². The van der Waals surface area contributed by atoms with Gasteiger partial charge in [0.2, 0.25) is 0 Å². The highest BCUT2D eigenvalue weighted by Gasteiger charge is 2.01. The fourth-order valence-electron chi connectivity index (χ4n) is 1.29. The Morgan fingerprint density at radius 2 is 2.31 bits per heavy atom. The number of halogens is 2. The minimum Gasteiger partial charge on any atom is -0.379 e. The zero-order chi connectivity index (χ0) is 11.5. The lowest BCUT2D eigenvalue weighted by Crippen LogP contribution is -1.97. The van der Waals surface area contributed by atoms with E-state index in [0.29, 0.717) is 5.15 Å². The molecular formula is C11H10BrClN2S. The molecule has 0 unspecified atom stereocenters. The molecule has 0 radical (unpaired) electrons. The van der Waals surface area contributed by atoms with Crippen LogP contribution in [0.5, 0.6) is 0 Å². The van der Waals surface area contributed by atoms with Crippen molar-refractivity contribution in [3.05, 3.63) is 43.8 Å². The average molecular weight is 318 g/mol. The molecular weight excluding hydrogens is 308 g/mol. The second-order valence-corrected chi connectivity index (χ2v) is 5.95. The number of hydrogen-bond donors (Lipinski definition) is 1. The zero-order valence-electron chi connectivity index (χ0n) is 8.63. The van der Waals surface area contributed by atoms with E-state index < -0.39 is 0 Å². The third-order valence-corrected chi connectivity index (χ3v) is 4.19. The van der Waals surface area contributed by atoms with Crippen molar-refractivity contribution in [2.45, 2.75) is 13.5 Å². The Morgan fingerprint density at radius 3 is 2.94 bits per heavy atom. The summed E-state index contributed by atoms with van der Waals surface area (Å²) >= 11 is 11.0. The molecule has 0 fully saturated rings. The van der Waals surface area contributed by atoms with Gasteiger partial charge in [-0.05, 0) is 41.1 Å². The minimum absolute atomic E-state index is 0.484. The Morgan fingerprint density at radius 1 is 1.50 bits per heavy atom. The highest BCUT2D eigenvalue weighted by molar-refractivity contribution is 9.10. The van der Waals surface area contributed by atoms with Crippen LogP contribution >= 0.6 is 38.9 Å².